The summed E-state index contributed by atoms with van der Waals surface area (Å²) in [4.78, 5) is 36.4. The van der Waals surface area contributed by atoms with Gasteiger partial charge >= 0.3 is 0 Å². The van der Waals surface area contributed by atoms with Gasteiger partial charge in [-0.3, -0.25) is 19.7 Å². The number of hydrogen-bond donors (Lipinski definition) is 1. The molecular weight excluding hydrogens is 400 g/mol. The van der Waals surface area contributed by atoms with E-state index in [0.29, 0.717) is 34.8 Å². The number of rotatable bonds is 5. The van der Waals surface area contributed by atoms with E-state index >= 15 is 0 Å². The molecule has 0 fully saturated rings. The molecule has 2 aliphatic rings. The van der Waals surface area contributed by atoms with Gasteiger partial charge in [0.05, 0.1) is 19.1 Å². The summed E-state index contributed by atoms with van der Waals surface area (Å²) in [5.74, 6) is 0.351. The van der Waals surface area contributed by atoms with Crippen molar-refractivity contribution in [2.75, 3.05) is 14.2 Å². The second-order valence-corrected chi connectivity index (χ2v) is 7.69. The van der Waals surface area contributed by atoms with Crippen molar-refractivity contribution in [2.24, 2.45) is 0 Å². The highest BCUT2D eigenvalue weighted by Gasteiger charge is 2.39. The fraction of sp³-hybridized carbons (Fsp3) is 0.304. The van der Waals surface area contributed by atoms with Crippen molar-refractivity contribution in [2.45, 2.75) is 31.1 Å². The zero-order valence-corrected chi connectivity index (χ0v) is 17.2. The van der Waals surface area contributed by atoms with Crippen LogP contribution in [-0.4, -0.2) is 30.8 Å². The first-order valence-electron chi connectivity index (χ1n) is 9.93. The van der Waals surface area contributed by atoms with Gasteiger partial charge in [-0.15, -0.1) is 0 Å². The number of carbonyl (C=O) groups is 2. The lowest BCUT2D eigenvalue weighted by molar-refractivity contribution is -0.384. The number of Topliss-reactive ketones (excluding diaryl/α,β-unsaturated/α-hetero) is 1. The van der Waals surface area contributed by atoms with Crippen molar-refractivity contribution < 1.29 is 24.0 Å². The monoisotopic (exact) mass is 422 g/mol. The van der Waals surface area contributed by atoms with Gasteiger partial charge in [0, 0.05) is 53.6 Å². The lowest BCUT2D eigenvalue weighted by atomic mass is 9.73. The Hall–Kier alpha value is -3.68. The van der Waals surface area contributed by atoms with E-state index in [4.69, 9.17) is 9.47 Å². The Morgan fingerprint density at radius 3 is 2.55 bits per heavy atom. The van der Waals surface area contributed by atoms with E-state index in [0.717, 1.165) is 5.56 Å². The highest BCUT2D eigenvalue weighted by atomic mass is 16.6. The lowest BCUT2D eigenvalue weighted by Crippen LogP contribution is -2.38. The molecule has 160 valence electrons. The van der Waals surface area contributed by atoms with Crippen LogP contribution in [0, 0.1) is 10.1 Å². The van der Waals surface area contributed by atoms with Crippen molar-refractivity contribution >= 4 is 17.4 Å². The molecule has 0 saturated heterocycles. The molecule has 31 heavy (non-hydrogen) atoms. The van der Waals surface area contributed by atoms with Gasteiger partial charge in [-0.25, -0.2) is 0 Å². The Labute approximate surface area is 179 Å². The van der Waals surface area contributed by atoms with Crippen LogP contribution >= 0.6 is 0 Å². The highest BCUT2D eigenvalue weighted by Crippen LogP contribution is 2.45. The van der Waals surface area contributed by atoms with Gasteiger partial charge in [-0.05, 0) is 30.2 Å². The number of benzene rings is 2. The number of carbonyl (C=O) groups excluding carboxylic acids is 2. The molecule has 0 saturated carbocycles. The molecule has 0 bridgehead atoms. The summed E-state index contributed by atoms with van der Waals surface area (Å²) in [7, 11) is 3.14. The number of nitro benzene ring substituents is 1. The molecule has 1 N–H and O–H groups in total. The van der Waals surface area contributed by atoms with Gasteiger partial charge < -0.3 is 14.8 Å². The average Bonchev–Trinajstić information content (AvgIpc) is 2.77. The summed E-state index contributed by atoms with van der Waals surface area (Å²) in [6, 6.07) is 11.6. The number of nitro groups is 1. The maximum absolute atomic E-state index is 13.3. The smallest absolute Gasteiger partial charge is 0.269 e. The SMILES string of the molecule is COc1ccc(OC)c([C@@H]2CC(=O)C3=C(C2)NC(=O)C[C@@H]3c2cccc([N+](=O)[O-])c2)c1. The molecule has 1 amide bonds. The quantitative estimate of drug-likeness (QED) is 0.582. The van der Waals surface area contributed by atoms with E-state index in [1.807, 2.05) is 6.07 Å². The third-order valence-electron chi connectivity index (χ3n) is 5.90. The van der Waals surface area contributed by atoms with Crippen molar-refractivity contribution in [1.29, 1.82) is 0 Å². The third-order valence-corrected chi connectivity index (χ3v) is 5.90. The van der Waals surface area contributed by atoms with E-state index in [2.05, 4.69) is 5.32 Å². The standard InChI is InChI=1S/C23H22N2O6/c1-30-16-6-7-21(31-2)17(11-16)14-9-19-23(20(26)10-14)18(12-22(27)24-19)13-4-3-5-15(8-13)25(28)29/h3-8,11,14,18H,9-10,12H2,1-2H3,(H,24,27)/t14-,18+/m0/s1. The van der Waals surface area contributed by atoms with Crippen molar-refractivity contribution in [3.8, 4) is 11.5 Å². The molecule has 8 nitrogen and oxygen atoms in total. The zero-order chi connectivity index (χ0) is 22.1. The number of hydrogen-bond acceptors (Lipinski definition) is 6. The van der Waals surface area contributed by atoms with E-state index in [-0.39, 0.29) is 36.1 Å². The minimum absolute atomic E-state index is 0.0621. The number of nitrogens with zero attached hydrogens (tertiary/aromatic N) is 1. The molecular formula is C23H22N2O6. The minimum atomic E-state index is -0.496. The topological polar surface area (TPSA) is 108 Å². The average molecular weight is 422 g/mol. The van der Waals surface area contributed by atoms with E-state index < -0.39 is 10.8 Å². The Balaban J connectivity index is 1.74. The first kappa shape index (κ1) is 20.6. The summed E-state index contributed by atoms with van der Waals surface area (Å²) in [6.07, 6.45) is 0.796. The van der Waals surface area contributed by atoms with E-state index in [9.17, 15) is 19.7 Å². The van der Waals surface area contributed by atoms with Crippen LogP contribution in [0.4, 0.5) is 5.69 Å². The van der Waals surface area contributed by atoms with Gasteiger partial charge in [-0.2, -0.15) is 0 Å². The molecule has 2 aromatic rings. The number of allylic oxidation sites excluding steroid dienone is 2. The predicted molar refractivity (Wildman–Crippen MR) is 112 cm³/mol. The summed E-state index contributed by atoms with van der Waals surface area (Å²) in [5, 5.41) is 14.1. The zero-order valence-electron chi connectivity index (χ0n) is 17.2. The molecule has 1 heterocycles. The maximum Gasteiger partial charge on any atom is 0.269 e. The number of methoxy groups -OCH3 is 2. The fourth-order valence-electron chi connectivity index (χ4n) is 4.48. The molecule has 0 spiro atoms. The van der Waals surface area contributed by atoms with Crippen molar-refractivity contribution in [3.63, 3.8) is 0 Å². The predicted octanol–water partition coefficient (Wildman–Crippen LogP) is 3.62. The molecule has 0 aromatic heterocycles. The molecule has 0 radical (unpaired) electrons. The molecule has 1 aliphatic heterocycles. The normalized spacial score (nSPS) is 20.7. The number of ether oxygens (including phenoxy) is 2. The van der Waals surface area contributed by atoms with Gasteiger partial charge in [-0.1, -0.05) is 12.1 Å². The van der Waals surface area contributed by atoms with Gasteiger partial charge in [0.1, 0.15) is 11.5 Å². The second-order valence-electron chi connectivity index (χ2n) is 7.69. The van der Waals surface area contributed by atoms with Crippen LogP contribution < -0.4 is 14.8 Å². The van der Waals surface area contributed by atoms with Gasteiger partial charge in [0.15, 0.2) is 5.78 Å². The largest absolute Gasteiger partial charge is 0.497 e. The second kappa shape index (κ2) is 8.22. The molecule has 1 aliphatic carbocycles. The first-order chi connectivity index (χ1) is 14.9. The van der Waals surface area contributed by atoms with E-state index in [1.54, 1.807) is 38.5 Å². The molecule has 4 rings (SSSR count). The fourth-order valence-corrected chi connectivity index (χ4v) is 4.48. The van der Waals surface area contributed by atoms with Crippen LogP contribution in [0.5, 0.6) is 11.5 Å². The van der Waals surface area contributed by atoms with Crippen LogP contribution in [0.2, 0.25) is 0 Å². The molecule has 8 heteroatoms. The molecule has 2 aromatic carbocycles. The van der Waals surface area contributed by atoms with Crippen LogP contribution in [0.3, 0.4) is 0 Å². The molecule has 2 atom stereocenters. The highest BCUT2D eigenvalue weighted by molar-refractivity contribution is 6.02. The maximum atomic E-state index is 13.3. The first-order valence-corrected chi connectivity index (χ1v) is 9.93. The summed E-state index contributed by atoms with van der Waals surface area (Å²) in [6.45, 7) is 0. The van der Waals surface area contributed by atoms with Crippen LogP contribution in [0.1, 0.15) is 42.2 Å². The van der Waals surface area contributed by atoms with Crippen LogP contribution in [0.15, 0.2) is 53.7 Å². The minimum Gasteiger partial charge on any atom is -0.497 e. The number of nitrogens with one attached hydrogen (secondary N) is 1. The summed E-state index contributed by atoms with van der Waals surface area (Å²) < 4.78 is 10.8. The Morgan fingerprint density at radius 2 is 1.84 bits per heavy atom. The lowest BCUT2D eigenvalue weighted by Gasteiger charge is -2.34. The number of ketones is 1. The van der Waals surface area contributed by atoms with Crippen LogP contribution in [-0.2, 0) is 9.59 Å². The number of amides is 1. The molecule has 0 unspecified atom stereocenters. The van der Waals surface area contributed by atoms with Crippen LogP contribution in [0.25, 0.3) is 0 Å². The summed E-state index contributed by atoms with van der Waals surface area (Å²) in [5.41, 5.74) is 2.50. The van der Waals surface area contributed by atoms with Gasteiger partial charge in [0.25, 0.3) is 5.69 Å². The number of non-ortho nitro benzene ring substituents is 1. The third kappa shape index (κ3) is 3.88. The van der Waals surface area contributed by atoms with Gasteiger partial charge in [0.2, 0.25) is 5.91 Å². The Bertz CT molecular complexity index is 1110. The Morgan fingerprint density at radius 1 is 1.03 bits per heavy atom. The van der Waals surface area contributed by atoms with E-state index in [1.165, 1.54) is 12.1 Å². The summed E-state index contributed by atoms with van der Waals surface area (Å²) >= 11 is 0. The Kier molecular flexibility index (Phi) is 5.46. The van der Waals surface area contributed by atoms with Crippen molar-refractivity contribution in [1.82, 2.24) is 5.32 Å². The van der Waals surface area contributed by atoms with Crippen molar-refractivity contribution in [3.05, 3.63) is 75.0 Å².